The Balaban J connectivity index is 1.58. The lowest BCUT2D eigenvalue weighted by Gasteiger charge is -2.11. The predicted molar refractivity (Wildman–Crippen MR) is 121 cm³/mol. The van der Waals surface area contributed by atoms with Gasteiger partial charge in [0.05, 0.1) is 32.7 Å². The first-order chi connectivity index (χ1) is 16.4. The minimum Gasteiger partial charge on any atom is -0.454 e. The average Bonchev–Trinajstić information content (AvgIpc) is 3.31. The van der Waals surface area contributed by atoms with Crippen LogP contribution in [0.5, 0.6) is 11.5 Å². The number of nitro groups is 2. The first-order valence-corrected chi connectivity index (χ1v) is 9.95. The molecule has 168 valence electrons. The SMILES string of the molecule is O=C(Nc1ccc([N+](=O)[O-])cc1[N+](=O)[O-])c1cc(-c2ccc3c(c2)OCO3)nc2ccccc12. The van der Waals surface area contributed by atoms with Gasteiger partial charge in [-0.3, -0.25) is 25.0 Å². The molecule has 34 heavy (non-hydrogen) atoms. The summed E-state index contributed by atoms with van der Waals surface area (Å²) < 4.78 is 10.8. The molecule has 1 aromatic heterocycles. The summed E-state index contributed by atoms with van der Waals surface area (Å²) >= 11 is 0. The molecule has 4 aromatic rings. The van der Waals surface area contributed by atoms with Crippen molar-refractivity contribution in [2.45, 2.75) is 0 Å². The Kier molecular flexibility index (Phi) is 4.98. The van der Waals surface area contributed by atoms with Gasteiger partial charge in [0.1, 0.15) is 5.69 Å². The van der Waals surface area contributed by atoms with Crippen molar-refractivity contribution in [3.05, 3.63) is 92.5 Å². The number of aromatic nitrogens is 1. The highest BCUT2D eigenvalue weighted by atomic mass is 16.7. The first-order valence-electron chi connectivity index (χ1n) is 9.95. The lowest BCUT2D eigenvalue weighted by Crippen LogP contribution is -2.14. The molecule has 0 radical (unpaired) electrons. The van der Waals surface area contributed by atoms with E-state index in [-0.39, 0.29) is 18.0 Å². The molecule has 2 heterocycles. The van der Waals surface area contributed by atoms with Gasteiger partial charge in [-0.15, -0.1) is 0 Å². The maximum atomic E-state index is 13.3. The van der Waals surface area contributed by atoms with E-state index in [4.69, 9.17) is 9.47 Å². The maximum absolute atomic E-state index is 13.3. The van der Waals surface area contributed by atoms with Gasteiger partial charge in [-0.2, -0.15) is 0 Å². The van der Waals surface area contributed by atoms with E-state index in [2.05, 4.69) is 10.3 Å². The molecule has 0 unspecified atom stereocenters. The normalized spacial score (nSPS) is 11.9. The monoisotopic (exact) mass is 458 g/mol. The number of carbonyl (C=O) groups excluding carboxylic acids is 1. The van der Waals surface area contributed by atoms with Gasteiger partial charge < -0.3 is 14.8 Å². The molecule has 0 fully saturated rings. The van der Waals surface area contributed by atoms with Gasteiger partial charge in [0.15, 0.2) is 11.5 Å². The highest BCUT2D eigenvalue weighted by Crippen LogP contribution is 2.36. The summed E-state index contributed by atoms with van der Waals surface area (Å²) in [5.74, 6) is 0.533. The molecule has 11 heteroatoms. The van der Waals surface area contributed by atoms with Crippen molar-refractivity contribution in [2.24, 2.45) is 0 Å². The third kappa shape index (κ3) is 3.71. The number of pyridine rings is 1. The van der Waals surface area contributed by atoms with E-state index < -0.39 is 27.1 Å². The fourth-order valence-corrected chi connectivity index (χ4v) is 3.65. The molecule has 0 saturated heterocycles. The molecule has 3 aromatic carbocycles. The van der Waals surface area contributed by atoms with Crippen molar-refractivity contribution in [3.63, 3.8) is 0 Å². The highest BCUT2D eigenvalue weighted by molar-refractivity contribution is 6.13. The molecule has 1 aliphatic rings. The van der Waals surface area contributed by atoms with E-state index in [1.807, 2.05) is 0 Å². The zero-order valence-electron chi connectivity index (χ0n) is 17.3. The Bertz CT molecular complexity index is 1500. The number of anilines is 1. The fourth-order valence-electron chi connectivity index (χ4n) is 3.65. The molecule has 11 nitrogen and oxygen atoms in total. The van der Waals surface area contributed by atoms with E-state index in [1.54, 1.807) is 48.5 Å². The van der Waals surface area contributed by atoms with Crippen LogP contribution in [0.3, 0.4) is 0 Å². The van der Waals surface area contributed by atoms with Crippen molar-refractivity contribution >= 4 is 33.9 Å². The Labute approximate surface area is 190 Å². The van der Waals surface area contributed by atoms with Crippen LogP contribution in [-0.4, -0.2) is 27.5 Å². The first kappa shape index (κ1) is 20.8. The number of fused-ring (bicyclic) bond motifs is 2. The summed E-state index contributed by atoms with van der Waals surface area (Å²) in [6, 6.07) is 16.9. The van der Waals surface area contributed by atoms with E-state index in [0.29, 0.717) is 33.7 Å². The van der Waals surface area contributed by atoms with Crippen LogP contribution < -0.4 is 14.8 Å². The summed E-state index contributed by atoms with van der Waals surface area (Å²) in [5.41, 5.74) is 0.741. The van der Waals surface area contributed by atoms with Gasteiger partial charge >= 0.3 is 0 Å². The Morgan fingerprint density at radius 2 is 1.71 bits per heavy atom. The molecule has 1 aliphatic heterocycles. The van der Waals surface area contributed by atoms with Gasteiger partial charge in [-0.25, -0.2) is 4.98 Å². The van der Waals surface area contributed by atoms with E-state index >= 15 is 0 Å². The minimum atomic E-state index is -0.786. The molecule has 5 rings (SSSR count). The van der Waals surface area contributed by atoms with Crippen molar-refractivity contribution < 1.29 is 24.1 Å². The highest BCUT2D eigenvalue weighted by Gasteiger charge is 2.23. The maximum Gasteiger partial charge on any atom is 0.299 e. The number of para-hydroxylation sites is 1. The number of hydrogen-bond donors (Lipinski definition) is 1. The largest absolute Gasteiger partial charge is 0.454 e. The number of nitrogens with zero attached hydrogens (tertiary/aromatic N) is 3. The number of ether oxygens (including phenoxy) is 2. The van der Waals surface area contributed by atoms with Crippen LogP contribution in [-0.2, 0) is 0 Å². The third-order valence-corrected chi connectivity index (χ3v) is 5.27. The molecule has 1 amide bonds. The predicted octanol–water partition coefficient (Wildman–Crippen LogP) is 4.70. The Hall–Kier alpha value is -5.06. The van der Waals surface area contributed by atoms with Crippen LogP contribution in [0.25, 0.3) is 22.2 Å². The molecule has 0 bridgehead atoms. The second-order valence-electron chi connectivity index (χ2n) is 7.31. The lowest BCUT2D eigenvalue weighted by molar-refractivity contribution is -0.393. The summed E-state index contributed by atoms with van der Waals surface area (Å²) in [6.07, 6.45) is 0. The van der Waals surface area contributed by atoms with Gasteiger partial charge in [-0.1, -0.05) is 18.2 Å². The van der Waals surface area contributed by atoms with Gasteiger partial charge in [0.25, 0.3) is 17.3 Å². The van der Waals surface area contributed by atoms with Crippen molar-refractivity contribution in [1.29, 1.82) is 0 Å². The van der Waals surface area contributed by atoms with Crippen LogP contribution in [0.2, 0.25) is 0 Å². The number of nitrogens with one attached hydrogen (secondary N) is 1. The number of rotatable bonds is 5. The quantitative estimate of drug-likeness (QED) is 0.334. The Morgan fingerprint density at radius 1 is 0.912 bits per heavy atom. The van der Waals surface area contributed by atoms with Gasteiger partial charge in [0, 0.05) is 17.0 Å². The minimum absolute atomic E-state index is 0.117. The zero-order valence-corrected chi connectivity index (χ0v) is 17.3. The summed E-state index contributed by atoms with van der Waals surface area (Å²) in [6.45, 7) is 0.117. The van der Waals surface area contributed by atoms with Crippen LogP contribution in [0, 0.1) is 20.2 Å². The van der Waals surface area contributed by atoms with Crippen molar-refractivity contribution in [3.8, 4) is 22.8 Å². The van der Waals surface area contributed by atoms with Crippen LogP contribution in [0.4, 0.5) is 17.1 Å². The number of carbonyl (C=O) groups is 1. The standard InChI is InChI=1S/C23H14N4O7/c28-23(25-18-7-6-14(26(29)30)10-20(18)27(31)32)16-11-19(24-17-4-2-1-3-15(16)17)13-5-8-21-22(9-13)34-12-33-21/h1-11H,12H2,(H,25,28). The second kappa shape index (κ2) is 8.13. The molecule has 1 N–H and O–H groups in total. The van der Waals surface area contributed by atoms with Crippen LogP contribution >= 0.6 is 0 Å². The van der Waals surface area contributed by atoms with E-state index in [1.165, 1.54) is 0 Å². The lowest BCUT2D eigenvalue weighted by atomic mass is 10.0. The smallest absolute Gasteiger partial charge is 0.299 e. The van der Waals surface area contributed by atoms with Crippen LogP contribution in [0.1, 0.15) is 10.4 Å². The van der Waals surface area contributed by atoms with Gasteiger partial charge in [0.2, 0.25) is 6.79 Å². The van der Waals surface area contributed by atoms with E-state index in [9.17, 15) is 25.0 Å². The van der Waals surface area contributed by atoms with E-state index in [0.717, 1.165) is 18.2 Å². The molecular weight excluding hydrogens is 444 g/mol. The van der Waals surface area contributed by atoms with Crippen molar-refractivity contribution in [2.75, 3.05) is 12.1 Å². The fraction of sp³-hybridized carbons (Fsp3) is 0.0435. The number of hydrogen-bond acceptors (Lipinski definition) is 8. The molecule has 0 atom stereocenters. The van der Waals surface area contributed by atoms with Gasteiger partial charge in [-0.05, 0) is 36.4 Å². The zero-order chi connectivity index (χ0) is 23.8. The average molecular weight is 458 g/mol. The summed E-state index contributed by atoms with van der Waals surface area (Å²) in [5, 5.41) is 25.5. The topological polar surface area (TPSA) is 147 Å². The number of benzene rings is 3. The Morgan fingerprint density at radius 3 is 2.50 bits per heavy atom. The second-order valence-corrected chi connectivity index (χ2v) is 7.31. The van der Waals surface area contributed by atoms with Crippen LogP contribution in [0.15, 0.2) is 66.7 Å². The molecule has 0 aliphatic carbocycles. The molecular formula is C23H14N4O7. The summed E-state index contributed by atoms with van der Waals surface area (Å²) in [7, 11) is 0. The summed E-state index contributed by atoms with van der Waals surface area (Å²) in [4.78, 5) is 38.8. The third-order valence-electron chi connectivity index (χ3n) is 5.27. The molecule has 0 spiro atoms. The van der Waals surface area contributed by atoms with Crippen molar-refractivity contribution in [1.82, 2.24) is 4.98 Å². The molecule has 0 saturated carbocycles. The number of amides is 1. The number of nitro benzene ring substituents is 2. The number of non-ortho nitro benzene ring substituents is 1.